The van der Waals surface area contributed by atoms with Gasteiger partial charge in [0.15, 0.2) is 0 Å². The minimum atomic E-state index is -0.170. The van der Waals surface area contributed by atoms with E-state index in [9.17, 15) is 9.59 Å². The largest absolute Gasteiger partial charge is 0.466 e. The molecule has 1 atom stereocenters. The number of hydrogen-bond donors (Lipinski definition) is 0. The number of hydrogen-bond acceptors (Lipinski definition) is 4. The summed E-state index contributed by atoms with van der Waals surface area (Å²) in [7, 11) is 0. The van der Waals surface area contributed by atoms with Crippen molar-refractivity contribution in [3.8, 4) is 0 Å². The molecule has 0 N–H and O–H groups in total. The molecule has 104 valence electrons. The maximum absolute atomic E-state index is 12.2. The average molecular weight is 281 g/mol. The Morgan fingerprint density at radius 2 is 2.37 bits per heavy atom. The van der Waals surface area contributed by atoms with Crippen molar-refractivity contribution >= 4 is 23.2 Å². The molecule has 0 unspecified atom stereocenters. The zero-order valence-electron chi connectivity index (χ0n) is 11.1. The Morgan fingerprint density at radius 3 is 3.05 bits per heavy atom. The van der Waals surface area contributed by atoms with Crippen LogP contribution in [-0.4, -0.2) is 36.5 Å². The number of thiophene rings is 1. The standard InChI is InChI=1S/C14H19NO3S/c1-2-18-14(17)11-5-3-7-15(10-11)13(16)9-12-6-4-8-19-12/h4,6,8,11H,2-3,5,7,9-10H2,1H3/t11-/m0/s1. The van der Waals surface area contributed by atoms with Gasteiger partial charge in [0.25, 0.3) is 0 Å². The van der Waals surface area contributed by atoms with Crippen molar-refractivity contribution in [2.45, 2.75) is 26.2 Å². The highest BCUT2D eigenvalue weighted by Gasteiger charge is 2.29. The predicted molar refractivity (Wildman–Crippen MR) is 74.0 cm³/mol. The van der Waals surface area contributed by atoms with Crippen LogP contribution in [0.5, 0.6) is 0 Å². The molecule has 1 aromatic rings. The van der Waals surface area contributed by atoms with E-state index in [-0.39, 0.29) is 17.8 Å². The summed E-state index contributed by atoms with van der Waals surface area (Å²) in [5.74, 6) is -0.214. The first-order valence-corrected chi connectivity index (χ1v) is 7.55. The van der Waals surface area contributed by atoms with Crippen molar-refractivity contribution < 1.29 is 14.3 Å². The molecule has 0 aromatic carbocycles. The molecule has 0 saturated carbocycles. The SMILES string of the molecule is CCOC(=O)[C@H]1CCCN(C(=O)Cc2cccs2)C1. The minimum absolute atomic E-state index is 0.108. The van der Waals surface area contributed by atoms with Crippen LogP contribution >= 0.6 is 11.3 Å². The summed E-state index contributed by atoms with van der Waals surface area (Å²) >= 11 is 1.59. The van der Waals surface area contributed by atoms with Crippen molar-refractivity contribution in [3.05, 3.63) is 22.4 Å². The number of carbonyl (C=O) groups excluding carboxylic acids is 2. The van der Waals surface area contributed by atoms with Crippen molar-refractivity contribution in [2.24, 2.45) is 5.92 Å². The van der Waals surface area contributed by atoms with Gasteiger partial charge in [-0.2, -0.15) is 0 Å². The fourth-order valence-corrected chi connectivity index (χ4v) is 3.03. The Hall–Kier alpha value is -1.36. The summed E-state index contributed by atoms with van der Waals surface area (Å²) < 4.78 is 5.04. The normalized spacial score (nSPS) is 19.2. The van der Waals surface area contributed by atoms with Gasteiger partial charge >= 0.3 is 5.97 Å². The Kier molecular flexibility index (Phi) is 4.96. The Morgan fingerprint density at radius 1 is 1.53 bits per heavy atom. The molecule has 2 heterocycles. The lowest BCUT2D eigenvalue weighted by Crippen LogP contribution is -2.43. The highest BCUT2D eigenvalue weighted by Crippen LogP contribution is 2.19. The van der Waals surface area contributed by atoms with Crippen LogP contribution in [0.2, 0.25) is 0 Å². The monoisotopic (exact) mass is 281 g/mol. The average Bonchev–Trinajstić information content (AvgIpc) is 2.92. The molecule has 0 bridgehead atoms. The lowest BCUT2D eigenvalue weighted by atomic mass is 9.98. The number of esters is 1. The quantitative estimate of drug-likeness (QED) is 0.794. The second-order valence-corrected chi connectivity index (χ2v) is 5.72. The summed E-state index contributed by atoms with van der Waals surface area (Å²) in [6, 6.07) is 3.92. The number of carbonyl (C=O) groups is 2. The highest BCUT2D eigenvalue weighted by atomic mass is 32.1. The topological polar surface area (TPSA) is 46.6 Å². The molecule has 1 saturated heterocycles. The number of piperidine rings is 1. The Bertz CT molecular complexity index is 430. The second kappa shape index (κ2) is 6.70. The molecule has 4 nitrogen and oxygen atoms in total. The fraction of sp³-hybridized carbons (Fsp3) is 0.571. The number of rotatable bonds is 4. The van der Waals surface area contributed by atoms with Gasteiger partial charge in [-0.1, -0.05) is 6.07 Å². The third-order valence-electron chi connectivity index (χ3n) is 3.30. The molecule has 5 heteroatoms. The van der Waals surface area contributed by atoms with Crippen molar-refractivity contribution in [3.63, 3.8) is 0 Å². The zero-order valence-corrected chi connectivity index (χ0v) is 11.9. The summed E-state index contributed by atoms with van der Waals surface area (Å²) in [4.78, 5) is 26.8. The van der Waals surface area contributed by atoms with Crippen molar-refractivity contribution in [1.82, 2.24) is 4.90 Å². The van der Waals surface area contributed by atoms with Gasteiger partial charge in [0.1, 0.15) is 0 Å². The number of likely N-dealkylation sites (tertiary alicyclic amines) is 1. The maximum Gasteiger partial charge on any atom is 0.310 e. The van der Waals surface area contributed by atoms with Gasteiger partial charge in [0, 0.05) is 18.0 Å². The van der Waals surface area contributed by atoms with Crippen LogP contribution in [0.1, 0.15) is 24.6 Å². The van der Waals surface area contributed by atoms with E-state index in [4.69, 9.17) is 4.74 Å². The van der Waals surface area contributed by atoms with Crippen LogP contribution in [0.4, 0.5) is 0 Å². The molecule has 1 aliphatic heterocycles. The number of amides is 1. The van der Waals surface area contributed by atoms with E-state index in [1.165, 1.54) is 0 Å². The van der Waals surface area contributed by atoms with Crippen molar-refractivity contribution in [1.29, 1.82) is 0 Å². The maximum atomic E-state index is 12.2. The van der Waals surface area contributed by atoms with Gasteiger partial charge in [0.2, 0.25) is 5.91 Å². The van der Waals surface area contributed by atoms with Gasteiger partial charge < -0.3 is 9.64 Å². The zero-order chi connectivity index (χ0) is 13.7. The van der Waals surface area contributed by atoms with E-state index in [1.807, 2.05) is 17.5 Å². The van der Waals surface area contributed by atoms with E-state index in [0.717, 1.165) is 24.3 Å². The predicted octanol–water partition coefficient (Wildman–Crippen LogP) is 2.09. The lowest BCUT2D eigenvalue weighted by Gasteiger charge is -2.31. The first kappa shape index (κ1) is 14.1. The van der Waals surface area contributed by atoms with Gasteiger partial charge in [-0.05, 0) is 31.2 Å². The van der Waals surface area contributed by atoms with Gasteiger partial charge in [0.05, 0.1) is 18.9 Å². The van der Waals surface area contributed by atoms with Crippen LogP contribution in [0, 0.1) is 5.92 Å². The second-order valence-electron chi connectivity index (χ2n) is 4.69. The van der Waals surface area contributed by atoms with Crippen LogP contribution in [0.15, 0.2) is 17.5 Å². The molecule has 0 aliphatic carbocycles. The Labute approximate surface area is 117 Å². The summed E-state index contributed by atoms with van der Waals surface area (Å²) in [5, 5.41) is 1.97. The molecule has 2 rings (SSSR count). The molecule has 1 fully saturated rings. The molecular weight excluding hydrogens is 262 g/mol. The fourth-order valence-electron chi connectivity index (χ4n) is 2.33. The third kappa shape index (κ3) is 3.80. The number of ether oxygens (including phenoxy) is 1. The first-order chi connectivity index (χ1) is 9.20. The van der Waals surface area contributed by atoms with Gasteiger partial charge in [-0.25, -0.2) is 0 Å². The smallest absolute Gasteiger partial charge is 0.310 e. The van der Waals surface area contributed by atoms with E-state index in [1.54, 1.807) is 23.2 Å². The molecule has 0 spiro atoms. The van der Waals surface area contributed by atoms with Gasteiger partial charge in [-0.3, -0.25) is 9.59 Å². The number of nitrogens with zero attached hydrogens (tertiary/aromatic N) is 1. The highest BCUT2D eigenvalue weighted by molar-refractivity contribution is 7.10. The molecule has 19 heavy (non-hydrogen) atoms. The molecule has 1 amide bonds. The molecule has 1 aromatic heterocycles. The van der Waals surface area contributed by atoms with Crippen LogP contribution in [0.25, 0.3) is 0 Å². The lowest BCUT2D eigenvalue weighted by molar-refractivity contribution is -0.151. The molecule has 0 radical (unpaired) electrons. The summed E-state index contributed by atoms with van der Waals surface area (Å²) in [5.41, 5.74) is 0. The van der Waals surface area contributed by atoms with E-state index < -0.39 is 0 Å². The van der Waals surface area contributed by atoms with Crippen LogP contribution < -0.4 is 0 Å². The van der Waals surface area contributed by atoms with Crippen LogP contribution in [0.3, 0.4) is 0 Å². The third-order valence-corrected chi connectivity index (χ3v) is 4.18. The van der Waals surface area contributed by atoms with Crippen LogP contribution in [-0.2, 0) is 20.7 Å². The van der Waals surface area contributed by atoms with Crippen molar-refractivity contribution in [2.75, 3.05) is 19.7 Å². The van der Waals surface area contributed by atoms with E-state index in [0.29, 0.717) is 19.6 Å². The van der Waals surface area contributed by atoms with E-state index in [2.05, 4.69) is 0 Å². The summed E-state index contributed by atoms with van der Waals surface area (Å²) in [6.07, 6.45) is 2.13. The van der Waals surface area contributed by atoms with Gasteiger partial charge in [-0.15, -0.1) is 11.3 Å². The minimum Gasteiger partial charge on any atom is -0.466 e. The summed E-state index contributed by atoms with van der Waals surface area (Å²) in [6.45, 7) is 3.46. The molecular formula is C14H19NO3S. The molecule has 1 aliphatic rings. The van der Waals surface area contributed by atoms with E-state index >= 15 is 0 Å². The Balaban J connectivity index is 1.89. The first-order valence-electron chi connectivity index (χ1n) is 6.67.